The number of aliphatic hydroxyl groups is 1. The van der Waals surface area contributed by atoms with Crippen molar-refractivity contribution >= 4 is 33.3 Å². The van der Waals surface area contributed by atoms with E-state index in [1.807, 2.05) is 25.1 Å². The third kappa shape index (κ3) is 7.56. The number of carbonyl (C=O) groups excluding carboxylic acids is 2. The quantitative estimate of drug-likeness (QED) is 0.372. The maximum Gasteiger partial charge on any atom is 0.321 e. The number of anilines is 2. The lowest BCUT2D eigenvalue weighted by molar-refractivity contribution is -0.134. The molecule has 3 atom stereocenters. The van der Waals surface area contributed by atoms with E-state index in [-0.39, 0.29) is 48.0 Å². The van der Waals surface area contributed by atoms with Crippen molar-refractivity contribution in [2.24, 2.45) is 5.92 Å². The molecule has 3 aromatic carbocycles. The number of nitrogens with zero attached hydrogens (tertiary/aromatic N) is 2. The van der Waals surface area contributed by atoms with Crippen LogP contribution in [0, 0.1) is 5.92 Å². The minimum Gasteiger partial charge on any atom is -0.488 e. The van der Waals surface area contributed by atoms with Gasteiger partial charge >= 0.3 is 6.03 Å². The van der Waals surface area contributed by atoms with Gasteiger partial charge in [0.25, 0.3) is 10.0 Å². The van der Waals surface area contributed by atoms with Gasteiger partial charge in [-0.3, -0.25) is 9.52 Å². The molecule has 1 heterocycles. The molecule has 0 bridgehead atoms. The number of aliphatic hydroxyl groups excluding tert-OH is 1. The van der Waals surface area contributed by atoms with Crippen molar-refractivity contribution in [3.05, 3.63) is 84.4 Å². The summed E-state index contributed by atoms with van der Waals surface area (Å²) in [7, 11) is -2.18. The number of carbonyl (C=O) groups is 2. The van der Waals surface area contributed by atoms with Crippen molar-refractivity contribution in [2.45, 2.75) is 37.3 Å². The molecule has 1 aliphatic heterocycles. The molecule has 3 aromatic rings. The van der Waals surface area contributed by atoms with Crippen molar-refractivity contribution in [1.29, 1.82) is 0 Å². The smallest absolute Gasteiger partial charge is 0.321 e. The Bertz CT molecular complexity index is 1450. The Balaban J connectivity index is 1.62. The topological polar surface area (TPSA) is 128 Å². The number of sulfonamides is 1. The van der Waals surface area contributed by atoms with E-state index in [0.29, 0.717) is 23.5 Å². The molecule has 0 saturated carbocycles. The zero-order chi connectivity index (χ0) is 29.6. The number of amides is 3. The van der Waals surface area contributed by atoms with Crippen molar-refractivity contribution < 1.29 is 27.9 Å². The highest BCUT2D eigenvalue weighted by Crippen LogP contribution is 2.30. The van der Waals surface area contributed by atoms with Crippen LogP contribution in [0.5, 0.6) is 5.75 Å². The van der Waals surface area contributed by atoms with Crippen LogP contribution in [0.4, 0.5) is 16.2 Å². The lowest BCUT2D eigenvalue weighted by Crippen LogP contribution is -2.48. The molecule has 218 valence electrons. The van der Waals surface area contributed by atoms with E-state index < -0.39 is 22.2 Å². The molecule has 4 rings (SSSR count). The van der Waals surface area contributed by atoms with Crippen molar-refractivity contribution in [2.75, 3.05) is 36.8 Å². The van der Waals surface area contributed by atoms with Gasteiger partial charge in [0.15, 0.2) is 0 Å². The van der Waals surface area contributed by atoms with Gasteiger partial charge in [0.2, 0.25) is 5.91 Å². The molecular formula is C30H36N4O6S. The molecule has 0 unspecified atom stereocenters. The Morgan fingerprint density at radius 1 is 1.07 bits per heavy atom. The summed E-state index contributed by atoms with van der Waals surface area (Å²) in [5, 5.41) is 12.7. The van der Waals surface area contributed by atoms with Gasteiger partial charge in [-0.25, -0.2) is 13.2 Å². The minimum atomic E-state index is -3.85. The van der Waals surface area contributed by atoms with Gasteiger partial charge in [0.1, 0.15) is 11.9 Å². The average molecular weight is 581 g/mol. The Morgan fingerprint density at radius 2 is 1.73 bits per heavy atom. The fraction of sp³-hybridized carbons (Fsp3) is 0.333. The number of urea groups is 1. The summed E-state index contributed by atoms with van der Waals surface area (Å²) in [5.41, 5.74) is 1.44. The zero-order valence-electron chi connectivity index (χ0n) is 23.4. The number of benzene rings is 3. The number of hydrogen-bond acceptors (Lipinski definition) is 6. The van der Waals surface area contributed by atoms with E-state index >= 15 is 0 Å². The number of para-hydroxylation sites is 1. The lowest BCUT2D eigenvalue weighted by Gasteiger charge is -2.34. The maximum atomic E-state index is 13.4. The van der Waals surface area contributed by atoms with E-state index in [4.69, 9.17) is 4.74 Å². The lowest BCUT2D eigenvalue weighted by atomic mass is 10.0. The van der Waals surface area contributed by atoms with Crippen LogP contribution in [0.1, 0.15) is 19.4 Å². The van der Waals surface area contributed by atoms with Crippen molar-refractivity contribution in [3.63, 3.8) is 0 Å². The summed E-state index contributed by atoms with van der Waals surface area (Å²) in [6.07, 6.45) is -0.559. The van der Waals surface area contributed by atoms with Gasteiger partial charge in [-0.2, -0.15) is 0 Å². The van der Waals surface area contributed by atoms with Gasteiger partial charge < -0.3 is 25.0 Å². The first kappa shape index (κ1) is 29.9. The van der Waals surface area contributed by atoms with Gasteiger partial charge in [-0.15, -0.1) is 0 Å². The number of fused-ring (bicyclic) bond motifs is 1. The Labute approximate surface area is 241 Å². The highest BCUT2D eigenvalue weighted by Gasteiger charge is 2.32. The van der Waals surface area contributed by atoms with Gasteiger partial charge in [0, 0.05) is 36.4 Å². The van der Waals surface area contributed by atoms with Crippen LogP contribution < -0.4 is 14.8 Å². The summed E-state index contributed by atoms with van der Waals surface area (Å²) in [6.45, 7) is 4.01. The predicted octanol–water partition coefficient (Wildman–Crippen LogP) is 3.80. The molecule has 0 fully saturated rings. The highest BCUT2D eigenvalue weighted by molar-refractivity contribution is 7.92. The summed E-state index contributed by atoms with van der Waals surface area (Å²) in [5.74, 6) is -0.00231. The first-order valence-corrected chi connectivity index (χ1v) is 14.9. The second-order valence-corrected chi connectivity index (χ2v) is 12.0. The van der Waals surface area contributed by atoms with Gasteiger partial charge in [-0.05, 0) is 49.4 Å². The maximum absolute atomic E-state index is 13.4. The Hall–Kier alpha value is -4.09. The average Bonchev–Trinajstić information content (AvgIpc) is 3.01. The molecular weight excluding hydrogens is 544 g/mol. The van der Waals surface area contributed by atoms with Gasteiger partial charge in [-0.1, -0.05) is 43.3 Å². The van der Waals surface area contributed by atoms with E-state index in [9.17, 15) is 23.1 Å². The molecule has 3 N–H and O–H groups in total. The number of likely N-dealkylation sites (N-methyl/N-ethyl adjacent to an activating group) is 1. The molecule has 0 aliphatic carbocycles. The molecule has 0 spiro atoms. The molecule has 0 aromatic heterocycles. The second-order valence-electron chi connectivity index (χ2n) is 10.3. The van der Waals surface area contributed by atoms with Crippen LogP contribution >= 0.6 is 0 Å². The predicted molar refractivity (Wildman–Crippen MR) is 157 cm³/mol. The zero-order valence-corrected chi connectivity index (χ0v) is 24.2. The molecule has 41 heavy (non-hydrogen) atoms. The number of ether oxygens (including phenoxy) is 1. The standard InChI is InChI=1S/C30H36N4O6S/c1-21-18-34(22(2)20-35)29(36)17-23-16-25(32-41(38,39)26-12-8-5-9-13-26)14-15-27(23)40-28(21)19-33(3)30(37)31-24-10-6-4-7-11-24/h4-16,21-22,28,32,35H,17-20H2,1-3H3,(H,31,37)/t21-,22+,28-/m1/s1. The van der Waals surface area contributed by atoms with Crippen LogP contribution in [0.25, 0.3) is 0 Å². The van der Waals surface area contributed by atoms with Crippen LogP contribution in [0.2, 0.25) is 0 Å². The SMILES string of the molecule is C[C@@H]1CN([C@@H](C)CO)C(=O)Cc2cc(NS(=O)(=O)c3ccccc3)ccc2O[C@@H]1CN(C)C(=O)Nc1ccccc1. The highest BCUT2D eigenvalue weighted by atomic mass is 32.2. The van der Waals surface area contributed by atoms with Crippen molar-refractivity contribution in [1.82, 2.24) is 9.80 Å². The van der Waals surface area contributed by atoms with Crippen molar-refractivity contribution in [3.8, 4) is 5.75 Å². The van der Waals surface area contributed by atoms with Crippen LogP contribution in [-0.4, -0.2) is 74.2 Å². The molecule has 10 nitrogen and oxygen atoms in total. The van der Waals surface area contributed by atoms with E-state index in [2.05, 4.69) is 10.0 Å². The van der Waals surface area contributed by atoms with Gasteiger partial charge in [0.05, 0.1) is 30.5 Å². The Kier molecular flexibility index (Phi) is 9.51. The van der Waals surface area contributed by atoms with Crippen LogP contribution in [-0.2, 0) is 21.2 Å². The summed E-state index contributed by atoms with van der Waals surface area (Å²) < 4.78 is 34.8. The summed E-state index contributed by atoms with van der Waals surface area (Å²) in [6, 6.07) is 21.2. The third-order valence-electron chi connectivity index (χ3n) is 7.05. The van der Waals surface area contributed by atoms with E-state index in [1.54, 1.807) is 67.4 Å². The Morgan fingerprint density at radius 3 is 2.39 bits per heavy atom. The number of hydrogen-bond donors (Lipinski definition) is 3. The van der Waals surface area contributed by atoms with E-state index in [1.165, 1.54) is 17.0 Å². The molecule has 1 aliphatic rings. The third-order valence-corrected chi connectivity index (χ3v) is 8.44. The molecule has 0 radical (unpaired) electrons. The second kappa shape index (κ2) is 13.0. The molecule has 11 heteroatoms. The monoisotopic (exact) mass is 580 g/mol. The summed E-state index contributed by atoms with van der Waals surface area (Å²) >= 11 is 0. The first-order valence-electron chi connectivity index (χ1n) is 13.4. The fourth-order valence-electron chi connectivity index (χ4n) is 4.62. The number of rotatable bonds is 8. The minimum absolute atomic E-state index is 0.0512. The van der Waals surface area contributed by atoms with Crippen LogP contribution in [0.3, 0.4) is 0 Å². The normalized spacial score (nSPS) is 18.1. The fourth-order valence-corrected chi connectivity index (χ4v) is 5.69. The molecule has 0 saturated heterocycles. The summed E-state index contributed by atoms with van der Waals surface area (Å²) in [4.78, 5) is 29.6. The van der Waals surface area contributed by atoms with Crippen LogP contribution in [0.15, 0.2) is 83.8 Å². The van der Waals surface area contributed by atoms with E-state index in [0.717, 1.165) is 0 Å². The molecule has 3 amide bonds. The first-order chi connectivity index (χ1) is 19.6. The largest absolute Gasteiger partial charge is 0.488 e. The number of nitrogens with one attached hydrogen (secondary N) is 2.